The summed E-state index contributed by atoms with van der Waals surface area (Å²) in [6.07, 6.45) is 14.7. The van der Waals surface area contributed by atoms with Gasteiger partial charge in [0.25, 0.3) is 0 Å². The van der Waals surface area contributed by atoms with Gasteiger partial charge >= 0.3 is 0 Å². The third-order valence-electron chi connectivity index (χ3n) is 4.16. The largest absolute Gasteiger partial charge is 0.392 e. The molecular weight excluding hydrogens is 184 g/mol. The average Bonchev–Trinajstić information content (AvgIpc) is 2.80. The van der Waals surface area contributed by atoms with Gasteiger partial charge in [-0.15, -0.1) is 0 Å². The van der Waals surface area contributed by atoms with Crippen molar-refractivity contribution < 1.29 is 5.11 Å². The SMILES string of the molecule is OCC(=CC1CCCC1)C1CCCCC1. The topological polar surface area (TPSA) is 20.2 Å². The monoisotopic (exact) mass is 208 g/mol. The quantitative estimate of drug-likeness (QED) is 0.701. The Morgan fingerprint density at radius 3 is 2.13 bits per heavy atom. The van der Waals surface area contributed by atoms with Crippen LogP contribution >= 0.6 is 0 Å². The first-order valence-electron chi connectivity index (χ1n) is 6.71. The van der Waals surface area contributed by atoms with Crippen molar-refractivity contribution in [2.75, 3.05) is 6.61 Å². The first kappa shape index (κ1) is 11.2. The number of allylic oxidation sites excluding steroid dienone is 1. The second-order valence-electron chi connectivity index (χ2n) is 5.28. The number of aliphatic hydroxyl groups is 1. The lowest BCUT2D eigenvalue weighted by Crippen LogP contribution is -2.13. The van der Waals surface area contributed by atoms with Crippen LogP contribution in [0.2, 0.25) is 0 Å². The van der Waals surface area contributed by atoms with Crippen LogP contribution in [0.4, 0.5) is 0 Å². The number of hydrogen-bond acceptors (Lipinski definition) is 1. The van der Waals surface area contributed by atoms with Gasteiger partial charge in [-0.2, -0.15) is 0 Å². The van der Waals surface area contributed by atoms with Gasteiger partial charge in [0.1, 0.15) is 0 Å². The fraction of sp³-hybridized carbons (Fsp3) is 0.857. The van der Waals surface area contributed by atoms with Crippen LogP contribution in [0.5, 0.6) is 0 Å². The van der Waals surface area contributed by atoms with Crippen molar-refractivity contribution in [2.24, 2.45) is 11.8 Å². The minimum Gasteiger partial charge on any atom is -0.392 e. The van der Waals surface area contributed by atoms with Gasteiger partial charge in [-0.3, -0.25) is 0 Å². The van der Waals surface area contributed by atoms with Crippen molar-refractivity contribution in [3.05, 3.63) is 11.6 Å². The molecule has 0 heterocycles. The standard InChI is InChI=1S/C14H24O/c15-11-14(10-12-6-4-5-7-12)13-8-2-1-3-9-13/h10,12-13,15H,1-9,11H2. The summed E-state index contributed by atoms with van der Waals surface area (Å²) >= 11 is 0. The Labute approximate surface area is 93.6 Å². The van der Waals surface area contributed by atoms with Crippen LogP contribution in [0.3, 0.4) is 0 Å². The Kier molecular flexibility index (Phi) is 4.25. The van der Waals surface area contributed by atoms with Crippen LogP contribution in [0.25, 0.3) is 0 Å². The smallest absolute Gasteiger partial charge is 0.0644 e. The lowest BCUT2D eigenvalue weighted by Gasteiger charge is -2.24. The third-order valence-corrected chi connectivity index (χ3v) is 4.16. The van der Waals surface area contributed by atoms with Crippen molar-refractivity contribution in [1.82, 2.24) is 0 Å². The summed E-state index contributed by atoms with van der Waals surface area (Å²) in [6, 6.07) is 0. The Hall–Kier alpha value is -0.300. The van der Waals surface area contributed by atoms with E-state index in [1.165, 1.54) is 63.4 Å². The Balaban J connectivity index is 1.94. The third kappa shape index (κ3) is 3.07. The van der Waals surface area contributed by atoms with E-state index in [0.717, 1.165) is 5.92 Å². The molecule has 1 nitrogen and oxygen atoms in total. The van der Waals surface area contributed by atoms with Crippen LogP contribution in [0.1, 0.15) is 57.8 Å². The molecule has 2 rings (SSSR count). The fourth-order valence-electron chi connectivity index (χ4n) is 3.22. The summed E-state index contributed by atoms with van der Waals surface area (Å²) in [6.45, 7) is 0.307. The molecule has 0 aromatic heterocycles. The molecule has 2 aliphatic carbocycles. The summed E-state index contributed by atoms with van der Waals surface area (Å²) in [5.41, 5.74) is 1.36. The van der Waals surface area contributed by atoms with E-state index in [4.69, 9.17) is 0 Å². The Morgan fingerprint density at radius 1 is 0.933 bits per heavy atom. The summed E-state index contributed by atoms with van der Waals surface area (Å²) in [7, 11) is 0. The molecule has 0 atom stereocenters. The van der Waals surface area contributed by atoms with Crippen LogP contribution < -0.4 is 0 Å². The summed E-state index contributed by atoms with van der Waals surface area (Å²) in [4.78, 5) is 0. The summed E-state index contributed by atoms with van der Waals surface area (Å²) in [5, 5.41) is 9.47. The van der Waals surface area contributed by atoms with Gasteiger partial charge in [0.2, 0.25) is 0 Å². The van der Waals surface area contributed by atoms with E-state index >= 15 is 0 Å². The molecule has 2 aliphatic rings. The molecule has 15 heavy (non-hydrogen) atoms. The highest BCUT2D eigenvalue weighted by Gasteiger charge is 2.20. The normalized spacial score (nSPS) is 26.1. The zero-order valence-corrected chi connectivity index (χ0v) is 9.75. The molecule has 1 heteroatoms. The van der Waals surface area contributed by atoms with Crippen molar-refractivity contribution in [3.8, 4) is 0 Å². The molecule has 0 unspecified atom stereocenters. The van der Waals surface area contributed by atoms with Crippen molar-refractivity contribution in [3.63, 3.8) is 0 Å². The summed E-state index contributed by atoms with van der Waals surface area (Å²) < 4.78 is 0. The van der Waals surface area contributed by atoms with Gasteiger partial charge in [-0.25, -0.2) is 0 Å². The van der Waals surface area contributed by atoms with Crippen LogP contribution in [-0.2, 0) is 0 Å². The minimum absolute atomic E-state index is 0.307. The zero-order valence-electron chi connectivity index (χ0n) is 9.75. The van der Waals surface area contributed by atoms with E-state index in [2.05, 4.69) is 6.08 Å². The number of rotatable bonds is 3. The van der Waals surface area contributed by atoms with E-state index in [0.29, 0.717) is 12.5 Å². The molecular formula is C14H24O. The average molecular weight is 208 g/mol. The van der Waals surface area contributed by atoms with Crippen molar-refractivity contribution >= 4 is 0 Å². The van der Waals surface area contributed by atoms with E-state index in [9.17, 15) is 5.11 Å². The van der Waals surface area contributed by atoms with Crippen LogP contribution in [0, 0.1) is 11.8 Å². The first-order valence-corrected chi connectivity index (χ1v) is 6.71. The maximum atomic E-state index is 9.47. The highest BCUT2D eigenvalue weighted by Crippen LogP contribution is 2.33. The molecule has 2 saturated carbocycles. The molecule has 0 aromatic carbocycles. The highest BCUT2D eigenvalue weighted by atomic mass is 16.3. The molecule has 0 aliphatic heterocycles. The predicted molar refractivity (Wildman–Crippen MR) is 63.7 cm³/mol. The van der Waals surface area contributed by atoms with Gasteiger partial charge in [0.15, 0.2) is 0 Å². The maximum absolute atomic E-state index is 9.47. The maximum Gasteiger partial charge on any atom is 0.0644 e. The minimum atomic E-state index is 0.307. The van der Waals surface area contributed by atoms with E-state index < -0.39 is 0 Å². The lowest BCUT2D eigenvalue weighted by molar-refractivity contribution is 0.291. The van der Waals surface area contributed by atoms with Crippen LogP contribution in [-0.4, -0.2) is 11.7 Å². The lowest BCUT2D eigenvalue weighted by atomic mass is 9.82. The van der Waals surface area contributed by atoms with Gasteiger partial charge < -0.3 is 5.11 Å². The molecule has 0 bridgehead atoms. The molecule has 0 spiro atoms. The second-order valence-corrected chi connectivity index (χ2v) is 5.28. The number of aliphatic hydroxyl groups excluding tert-OH is 1. The van der Waals surface area contributed by atoms with E-state index in [1.807, 2.05) is 0 Å². The molecule has 0 saturated heterocycles. The number of hydrogen-bond donors (Lipinski definition) is 1. The molecule has 0 radical (unpaired) electrons. The molecule has 2 fully saturated rings. The van der Waals surface area contributed by atoms with E-state index in [-0.39, 0.29) is 0 Å². The Bertz CT molecular complexity index is 207. The zero-order chi connectivity index (χ0) is 10.5. The van der Waals surface area contributed by atoms with Crippen LogP contribution in [0.15, 0.2) is 11.6 Å². The van der Waals surface area contributed by atoms with Gasteiger partial charge in [0, 0.05) is 0 Å². The van der Waals surface area contributed by atoms with Gasteiger partial charge in [-0.05, 0) is 43.1 Å². The second kappa shape index (κ2) is 5.69. The van der Waals surface area contributed by atoms with E-state index in [1.54, 1.807) is 0 Å². The molecule has 0 aromatic rings. The first-order chi connectivity index (χ1) is 7.40. The fourth-order valence-corrected chi connectivity index (χ4v) is 3.22. The van der Waals surface area contributed by atoms with Gasteiger partial charge in [-0.1, -0.05) is 38.2 Å². The molecule has 0 amide bonds. The van der Waals surface area contributed by atoms with Crippen molar-refractivity contribution in [2.45, 2.75) is 57.8 Å². The summed E-state index contributed by atoms with van der Waals surface area (Å²) in [5.74, 6) is 1.50. The Morgan fingerprint density at radius 2 is 1.53 bits per heavy atom. The molecule has 86 valence electrons. The highest BCUT2D eigenvalue weighted by molar-refractivity contribution is 5.10. The predicted octanol–water partition coefficient (Wildman–Crippen LogP) is 3.68. The van der Waals surface area contributed by atoms with Crippen molar-refractivity contribution in [1.29, 1.82) is 0 Å². The van der Waals surface area contributed by atoms with Gasteiger partial charge in [0.05, 0.1) is 6.61 Å². The molecule has 1 N–H and O–H groups in total.